The van der Waals surface area contributed by atoms with Crippen LogP contribution >= 0.6 is 11.3 Å². The second kappa shape index (κ2) is 15.4. The fourth-order valence-corrected chi connectivity index (χ4v) is 6.34. The Bertz CT molecular complexity index is 1410. The molecule has 0 radical (unpaired) electrons. The predicted octanol–water partition coefficient (Wildman–Crippen LogP) is 6.68. The summed E-state index contributed by atoms with van der Waals surface area (Å²) >= 11 is 1.61. The molecule has 1 saturated carbocycles. The molecule has 1 amide bonds. The van der Waals surface area contributed by atoms with Crippen LogP contribution in [0.1, 0.15) is 87.3 Å². The van der Waals surface area contributed by atoms with E-state index in [1.165, 1.54) is 0 Å². The lowest BCUT2D eigenvalue weighted by Crippen LogP contribution is -2.31. The number of aromatic nitrogens is 1. The smallest absolute Gasteiger partial charge is 0.306 e. The summed E-state index contributed by atoms with van der Waals surface area (Å²) in [5, 5.41) is 13.7. The van der Waals surface area contributed by atoms with Crippen LogP contribution in [0.4, 0.5) is 0 Å². The number of thiazole rings is 1. The molecule has 44 heavy (non-hydrogen) atoms. The highest BCUT2D eigenvalue weighted by Gasteiger charge is 2.30. The second-order valence-electron chi connectivity index (χ2n) is 12.6. The largest absolute Gasteiger partial charge is 0.494 e. The molecule has 1 aliphatic carbocycles. The number of amides is 1. The summed E-state index contributed by atoms with van der Waals surface area (Å²) in [7, 11) is 0. The molecule has 2 aromatic carbocycles. The highest BCUT2D eigenvalue weighted by molar-refractivity contribution is 7.13. The number of hydrogen-bond acceptors (Lipinski definition) is 8. The quantitative estimate of drug-likeness (QED) is 0.101. The van der Waals surface area contributed by atoms with Crippen molar-refractivity contribution < 1.29 is 29.0 Å². The summed E-state index contributed by atoms with van der Waals surface area (Å²) in [4.78, 5) is 43.5. The standard InChI is InChI=1S/C35H44N2O6S/c1-23-33(44-22-37-23)26-13-10-24(11-14-26)21-36-34(41)28-15-12-25(17-29(38)19-28)18-31(39)27-7-5-8-30(20-27)42-16-6-9-32(40)43-35(2,3)4/h5,7-8,10-11,13-14,20,22,25,28-29,38H,6,9,12,15-19,21H2,1-4H3,(H,36,41). The van der Waals surface area contributed by atoms with Crippen LogP contribution < -0.4 is 10.1 Å². The van der Waals surface area contributed by atoms with E-state index in [1.807, 2.05) is 57.5 Å². The van der Waals surface area contributed by atoms with Gasteiger partial charge in [-0.05, 0) is 89.0 Å². The van der Waals surface area contributed by atoms with Gasteiger partial charge in [0.2, 0.25) is 5.91 Å². The van der Waals surface area contributed by atoms with Gasteiger partial charge >= 0.3 is 5.97 Å². The first-order chi connectivity index (χ1) is 21.0. The molecular weight excluding hydrogens is 576 g/mol. The lowest BCUT2D eigenvalue weighted by molar-refractivity contribution is -0.155. The monoisotopic (exact) mass is 620 g/mol. The number of benzene rings is 2. The second-order valence-corrected chi connectivity index (χ2v) is 13.5. The molecule has 236 valence electrons. The minimum absolute atomic E-state index is 0.00329. The average molecular weight is 621 g/mol. The molecule has 0 bridgehead atoms. The molecule has 8 nitrogen and oxygen atoms in total. The van der Waals surface area contributed by atoms with Crippen LogP contribution in [-0.4, -0.2) is 46.1 Å². The molecular formula is C35H44N2O6S. The summed E-state index contributed by atoms with van der Waals surface area (Å²) < 4.78 is 11.1. The number of aliphatic hydroxyl groups excluding tert-OH is 1. The van der Waals surface area contributed by atoms with Crippen LogP contribution in [0.5, 0.6) is 5.75 Å². The van der Waals surface area contributed by atoms with Crippen molar-refractivity contribution in [3.8, 4) is 16.2 Å². The predicted molar refractivity (Wildman–Crippen MR) is 172 cm³/mol. The highest BCUT2D eigenvalue weighted by Crippen LogP contribution is 2.31. The molecule has 1 aliphatic rings. The summed E-state index contributed by atoms with van der Waals surface area (Å²) in [6.45, 7) is 8.27. The van der Waals surface area contributed by atoms with E-state index in [2.05, 4.69) is 10.3 Å². The Labute approximate surface area is 264 Å². The van der Waals surface area contributed by atoms with Gasteiger partial charge in [0.1, 0.15) is 11.4 Å². The number of ketones is 1. The van der Waals surface area contributed by atoms with Crippen molar-refractivity contribution in [2.24, 2.45) is 11.8 Å². The number of carbonyl (C=O) groups excluding carboxylic acids is 3. The van der Waals surface area contributed by atoms with Crippen LogP contribution in [0.25, 0.3) is 10.4 Å². The number of aryl methyl sites for hydroxylation is 1. The molecule has 1 fully saturated rings. The van der Waals surface area contributed by atoms with Gasteiger partial charge in [0.25, 0.3) is 0 Å². The van der Waals surface area contributed by atoms with Gasteiger partial charge in [0, 0.05) is 30.9 Å². The molecule has 1 aromatic heterocycles. The third-order valence-corrected chi connectivity index (χ3v) is 8.71. The van der Waals surface area contributed by atoms with E-state index in [-0.39, 0.29) is 35.9 Å². The Morgan fingerprint density at radius 1 is 1.07 bits per heavy atom. The molecule has 1 heterocycles. The molecule has 9 heteroatoms. The third kappa shape index (κ3) is 10.3. The zero-order valence-electron chi connectivity index (χ0n) is 26.1. The van der Waals surface area contributed by atoms with Gasteiger partial charge < -0.3 is 19.9 Å². The molecule has 2 N–H and O–H groups in total. The van der Waals surface area contributed by atoms with E-state index in [0.29, 0.717) is 63.0 Å². The van der Waals surface area contributed by atoms with Crippen molar-refractivity contribution in [2.45, 2.75) is 90.9 Å². The van der Waals surface area contributed by atoms with Crippen molar-refractivity contribution >= 4 is 29.0 Å². The molecule has 3 unspecified atom stereocenters. The maximum atomic E-state index is 13.1. The van der Waals surface area contributed by atoms with E-state index in [1.54, 1.807) is 35.6 Å². The van der Waals surface area contributed by atoms with Crippen LogP contribution in [0.15, 0.2) is 54.0 Å². The number of hydrogen-bond donors (Lipinski definition) is 2. The Hall–Kier alpha value is -3.56. The van der Waals surface area contributed by atoms with Gasteiger partial charge in [-0.3, -0.25) is 14.4 Å². The molecule has 3 aromatic rings. The highest BCUT2D eigenvalue weighted by atomic mass is 32.1. The van der Waals surface area contributed by atoms with Gasteiger partial charge in [0.05, 0.1) is 28.8 Å². The Kier molecular flexibility index (Phi) is 11.7. The first kappa shape index (κ1) is 33.3. The Morgan fingerprint density at radius 3 is 2.55 bits per heavy atom. The number of carbonyl (C=O) groups is 3. The number of rotatable bonds is 12. The van der Waals surface area contributed by atoms with E-state index in [4.69, 9.17) is 9.47 Å². The minimum atomic E-state index is -0.632. The normalized spacial score (nSPS) is 18.7. The van der Waals surface area contributed by atoms with Crippen molar-refractivity contribution in [2.75, 3.05) is 6.61 Å². The van der Waals surface area contributed by atoms with Crippen molar-refractivity contribution in [1.82, 2.24) is 10.3 Å². The van der Waals surface area contributed by atoms with E-state index in [0.717, 1.165) is 21.7 Å². The first-order valence-corrected chi connectivity index (χ1v) is 16.3. The van der Waals surface area contributed by atoms with Gasteiger partial charge in [0.15, 0.2) is 5.78 Å². The summed E-state index contributed by atoms with van der Waals surface area (Å²) in [5.41, 5.74) is 5.02. The SMILES string of the molecule is Cc1ncsc1-c1ccc(CNC(=O)C2CCC(CC(=O)c3cccc(OCCCC(=O)OC(C)(C)C)c3)CC(O)C2)cc1. The number of Topliss-reactive ketones (excluding diaryl/α,β-unsaturated/α-hetero) is 1. The van der Waals surface area contributed by atoms with E-state index < -0.39 is 11.7 Å². The van der Waals surface area contributed by atoms with Crippen molar-refractivity contribution in [3.05, 3.63) is 70.9 Å². The Morgan fingerprint density at radius 2 is 1.84 bits per heavy atom. The fourth-order valence-electron chi connectivity index (χ4n) is 5.53. The number of esters is 1. The number of nitrogens with one attached hydrogen (secondary N) is 1. The maximum absolute atomic E-state index is 13.1. The number of ether oxygens (including phenoxy) is 2. The summed E-state index contributed by atoms with van der Waals surface area (Å²) in [5.74, 6) is -0.0523. The Balaban J connectivity index is 1.22. The van der Waals surface area contributed by atoms with Crippen LogP contribution in [0.2, 0.25) is 0 Å². The number of aliphatic hydroxyl groups is 1. The summed E-state index contributed by atoms with van der Waals surface area (Å²) in [6.07, 6.45) is 2.67. The summed E-state index contributed by atoms with van der Waals surface area (Å²) in [6, 6.07) is 15.2. The lowest BCUT2D eigenvalue weighted by Gasteiger charge is -2.19. The topological polar surface area (TPSA) is 115 Å². The van der Waals surface area contributed by atoms with Crippen molar-refractivity contribution in [3.63, 3.8) is 0 Å². The van der Waals surface area contributed by atoms with Crippen LogP contribution in [0, 0.1) is 18.8 Å². The fraction of sp³-hybridized carbons (Fsp3) is 0.486. The van der Waals surface area contributed by atoms with Gasteiger partial charge in [-0.15, -0.1) is 11.3 Å². The van der Waals surface area contributed by atoms with Gasteiger partial charge in [-0.1, -0.05) is 36.4 Å². The van der Waals surface area contributed by atoms with E-state index >= 15 is 0 Å². The third-order valence-electron chi connectivity index (χ3n) is 7.73. The minimum Gasteiger partial charge on any atom is -0.494 e. The van der Waals surface area contributed by atoms with Gasteiger partial charge in [-0.25, -0.2) is 4.98 Å². The maximum Gasteiger partial charge on any atom is 0.306 e. The zero-order chi connectivity index (χ0) is 31.7. The number of nitrogens with zero attached hydrogens (tertiary/aromatic N) is 1. The molecule has 0 aliphatic heterocycles. The lowest BCUT2D eigenvalue weighted by atomic mass is 9.91. The molecule has 3 atom stereocenters. The van der Waals surface area contributed by atoms with Gasteiger partial charge in [-0.2, -0.15) is 0 Å². The molecule has 0 spiro atoms. The average Bonchev–Trinajstić information content (AvgIpc) is 3.31. The van der Waals surface area contributed by atoms with E-state index in [9.17, 15) is 19.5 Å². The molecule has 0 saturated heterocycles. The van der Waals surface area contributed by atoms with Crippen LogP contribution in [-0.2, 0) is 20.9 Å². The van der Waals surface area contributed by atoms with Crippen molar-refractivity contribution in [1.29, 1.82) is 0 Å². The first-order valence-electron chi connectivity index (χ1n) is 15.4. The van der Waals surface area contributed by atoms with Crippen LogP contribution in [0.3, 0.4) is 0 Å². The molecule has 4 rings (SSSR count). The zero-order valence-corrected chi connectivity index (χ0v) is 27.0.